The zero-order chi connectivity index (χ0) is 18.6. The molecule has 3 aromatic rings. The lowest BCUT2D eigenvalue weighted by atomic mass is 9.69. The van der Waals surface area contributed by atoms with Crippen molar-refractivity contribution in [2.24, 2.45) is 0 Å². The second-order valence-corrected chi connectivity index (χ2v) is 7.56. The molecule has 0 N–H and O–H groups in total. The summed E-state index contributed by atoms with van der Waals surface area (Å²) >= 11 is 0. The first-order valence-electron chi connectivity index (χ1n) is 9.59. The molecule has 0 unspecified atom stereocenters. The molecular formula is C25H22N2. The normalized spacial score (nSPS) is 15.5. The topological polar surface area (TPSA) is 25.8 Å². The smallest absolute Gasteiger partial charge is 0.0937 e. The molecule has 0 bridgehead atoms. The molecule has 0 atom stereocenters. The minimum absolute atomic E-state index is 0.313. The van der Waals surface area contributed by atoms with Crippen molar-refractivity contribution in [1.29, 1.82) is 0 Å². The highest BCUT2D eigenvalue weighted by Gasteiger charge is 2.52. The largest absolute Gasteiger partial charge is 0.254 e. The molecule has 0 radical (unpaired) electrons. The van der Waals surface area contributed by atoms with Gasteiger partial charge in [-0.1, -0.05) is 55.0 Å². The number of pyridine rings is 2. The average molecular weight is 350 g/mol. The molecule has 2 nitrogen and oxygen atoms in total. The van der Waals surface area contributed by atoms with Gasteiger partial charge in [0.1, 0.15) is 0 Å². The number of benzene rings is 1. The van der Waals surface area contributed by atoms with Crippen molar-refractivity contribution >= 4 is 5.57 Å². The summed E-state index contributed by atoms with van der Waals surface area (Å²) in [6, 6.07) is 17.4. The molecule has 2 aromatic heterocycles. The number of aromatic nitrogens is 2. The third-order valence-corrected chi connectivity index (χ3v) is 5.82. The Morgan fingerprint density at radius 2 is 1.44 bits per heavy atom. The molecular weight excluding hydrogens is 328 g/mol. The van der Waals surface area contributed by atoms with Crippen LogP contribution in [0.15, 0.2) is 78.1 Å². The summed E-state index contributed by atoms with van der Waals surface area (Å²) in [6.45, 7) is 6.62. The van der Waals surface area contributed by atoms with Crippen LogP contribution < -0.4 is 0 Å². The van der Waals surface area contributed by atoms with Crippen LogP contribution in [0.25, 0.3) is 17.0 Å². The fourth-order valence-electron chi connectivity index (χ4n) is 4.97. The molecule has 2 aliphatic rings. The predicted molar refractivity (Wildman–Crippen MR) is 110 cm³/mol. The van der Waals surface area contributed by atoms with Gasteiger partial charge in [-0.15, -0.1) is 0 Å². The van der Waals surface area contributed by atoms with Gasteiger partial charge in [0.15, 0.2) is 0 Å². The van der Waals surface area contributed by atoms with Crippen molar-refractivity contribution in [2.45, 2.75) is 32.6 Å². The highest BCUT2D eigenvalue weighted by molar-refractivity contribution is 5.93. The van der Waals surface area contributed by atoms with Gasteiger partial charge in [0.2, 0.25) is 0 Å². The zero-order valence-corrected chi connectivity index (χ0v) is 16.0. The summed E-state index contributed by atoms with van der Waals surface area (Å²) in [5, 5.41) is 0. The SMILES string of the molecule is CCC1=C(C=C(C)C)C2(c3ccccc31)c1cccnc1-c1ncccc12. The Balaban J connectivity index is 2.01. The number of allylic oxidation sites excluding steroid dienone is 4. The molecule has 5 rings (SSSR count). The van der Waals surface area contributed by atoms with Crippen LogP contribution in [0.2, 0.25) is 0 Å². The van der Waals surface area contributed by atoms with Crippen molar-refractivity contribution < 1.29 is 0 Å². The quantitative estimate of drug-likeness (QED) is 0.572. The molecule has 0 amide bonds. The predicted octanol–water partition coefficient (Wildman–Crippen LogP) is 5.93. The van der Waals surface area contributed by atoms with E-state index in [1.165, 1.54) is 39.0 Å². The highest BCUT2D eigenvalue weighted by Crippen LogP contribution is 2.61. The van der Waals surface area contributed by atoms with Gasteiger partial charge in [-0.3, -0.25) is 9.97 Å². The van der Waals surface area contributed by atoms with E-state index in [2.05, 4.69) is 75.4 Å². The lowest BCUT2D eigenvalue weighted by molar-refractivity contribution is 0.779. The Morgan fingerprint density at radius 3 is 2.04 bits per heavy atom. The lowest BCUT2D eigenvalue weighted by Gasteiger charge is -2.31. The van der Waals surface area contributed by atoms with Gasteiger partial charge in [0.25, 0.3) is 0 Å². The third-order valence-electron chi connectivity index (χ3n) is 5.82. The fourth-order valence-corrected chi connectivity index (χ4v) is 4.97. The first kappa shape index (κ1) is 16.2. The van der Waals surface area contributed by atoms with E-state index in [0.29, 0.717) is 0 Å². The molecule has 2 heterocycles. The number of nitrogens with zero attached hydrogens (tertiary/aromatic N) is 2. The van der Waals surface area contributed by atoms with E-state index in [-0.39, 0.29) is 5.41 Å². The molecule has 0 saturated carbocycles. The van der Waals surface area contributed by atoms with E-state index in [4.69, 9.17) is 9.97 Å². The molecule has 1 aromatic carbocycles. The Kier molecular flexibility index (Phi) is 3.45. The van der Waals surface area contributed by atoms with Gasteiger partial charge in [-0.05, 0) is 65.8 Å². The molecule has 0 aliphatic heterocycles. The summed E-state index contributed by atoms with van der Waals surface area (Å²) in [6.07, 6.45) is 7.13. The van der Waals surface area contributed by atoms with Crippen molar-refractivity contribution in [3.63, 3.8) is 0 Å². The van der Waals surface area contributed by atoms with Crippen molar-refractivity contribution in [3.8, 4) is 11.4 Å². The standard InChI is InChI=1S/C25H22N2/c1-4-17-18-9-5-6-10-19(18)25(22(17)15-16(2)3)20-11-7-13-26-23(20)24-21(25)12-8-14-27-24/h5-15H,4H2,1-3H3. The lowest BCUT2D eigenvalue weighted by Crippen LogP contribution is -2.27. The van der Waals surface area contributed by atoms with E-state index < -0.39 is 0 Å². The maximum absolute atomic E-state index is 4.75. The monoisotopic (exact) mass is 350 g/mol. The summed E-state index contributed by atoms with van der Waals surface area (Å²) in [5.74, 6) is 0. The second kappa shape index (κ2) is 5.75. The molecule has 1 spiro atoms. The van der Waals surface area contributed by atoms with Gasteiger partial charge in [0.05, 0.1) is 16.8 Å². The Bertz CT molecular complexity index is 1080. The van der Waals surface area contributed by atoms with E-state index in [0.717, 1.165) is 17.8 Å². The van der Waals surface area contributed by atoms with Crippen molar-refractivity contribution in [1.82, 2.24) is 9.97 Å². The third kappa shape index (κ3) is 1.96. The molecule has 0 saturated heterocycles. The maximum Gasteiger partial charge on any atom is 0.0937 e. The number of fused-ring (bicyclic) bond motifs is 7. The summed E-state index contributed by atoms with van der Waals surface area (Å²) < 4.78 is 0. The minimum Gasteiger partial charge on any atom is -0.254 e. The first-order valence-corrected chi connectivity index (χ1v) is 9.59. The fraction of sp³-hybridized carbons (Fsp3) is 0.200. The Morgan fingerprint density at radius 1 is 0.852 bits per heavy atom. The van der Waals surface area contributed by atoms with Gasteiger partial charge in [0, 0.05) is 12.4 Å². The molecule has 2 heteroatoms. The zero-order valence-electron chi connectivity index (χ0n) is 16.0. The van der Waals surface area contributed by atoms with Gasteiger partial charge < -0.3 is 0 Å². The van der Waals surface area contributed by atoms with Crippen LogP contribution in [-0.2, 0) is 5.41 Å². The summed E-state index contributed by atoms with van der Waals surface area (Å²) in [5.41, 5.74) is 11.1. The highest BCUT2D eigenvalue weighted by atomic mass is 14.8. The molecule has 2 aliphatic carbocycles. The van der Waals surface area contributed by atoms with Gasteiger partial charge in [-0.25, -0.2) is 0 Å². The Hall–Kier alpha value is -3.00. The van der Waals surface area contributed by atoms with Crippen LogP contribution in [0.5, 0.6) is 0 Å². The van der Waals surface area contributed by atoms with Crippen LogP contribution in [-0.4, -0.2) is 9.97 Å². The second-order valence-electron chi connectivity index (χ2n) is 7.56. The maximum atomic E-state index is 4.75. The average Bonchev–Trinajstić information content (AvgIpc) is 3.14. The van der Waals surface area contributed by atoms with E-state index in [1.54, 1.807) is 0 Å². The Labute approximate surface area is 160 Å². The van der Waals surface area contributed by atoms with E-state index >= 15 is 0 Å². The molecule has 132 valence electrons. The molecule has 0 fully saturated rings. The minimum atomic E-state index is -0.313. The van der Waals surface area contributed by atoms with Crippen molar-refractivity contribution in [3.05, 3.63) is 100 Å². The summed E-state index contributed by atoms with van der Waals surface area (Å²) in [4.78, 5) is 9.50. The number of rotatable bonds is 2. The van der Waals surface area contributed by atoms with Gasteiger partial charge >= 0.3 is 0 Å². The summed E-state index contributed by atoms with van der Waals surface area (Å²) in [7, 11) is 0. The van der Waals surface area contributed by atoms with Gasteiger partial charge in [-0.2, -0.15) is 0 Å². The van der Waals surface area contributed by atoms with E-state index in [1.807, 2.05) is 12.4 Å². The van der Waals surface area contributed by atoms with Crippen LogP contribution in [0.1, 0.15) is 49.4 Å². The van der Waals surface area contributed by atoms with Crippen molar-refractivity contribution in [2.75, 3.05) is 0 Å². The van der Waals surface area contributed by atoms with E-state index in [9.17, 15) is 0 Å². The van der Waals surface area contributed by atoms with Crippen LogP contribution >= 0.6 is 0 Å². The number of hydrogen-bond donors (Lipinski definition) is 0. The number of hydrogen-bond acceptors (Lipinski definition) is 2. The van der Waals surface area contributed by atoms with Crippen LogP contribution in [0, 0.1) is 0 Å². The van der Waals surface area contributed by atoms with Crippen LogP contribution in [0.4, 0.5) is 0 Å². The molecule has 27 heavy (non-hydrogen) atoms. The first-order chi connectivity index (χ1) is 13.2. The van der Waals surface area contributed by atoms with Crippen LogP contribution in [0.3, 0.4) is 0 Å².